The minimum atomic E-state index is 0.600. The number of nitrogens with one attached hydrogen (secondary N) is 1. The molecule has 1 fully saturated rings. The van der Waals surface area contributed by atoms with Gasteiger partial charge in [0.2, 0.25) is 0 Å². The van der Waals surface area contributed by atoms with E-state index in [-0.39, 0.29) is 0 Å². The highest BCUT2D eigenvalue weighted by Crippen LogP contribution is 2.49. The zero-order valence-corrected chi connectivity index (χ0v) is 15.0. The van der Waals surface area contributed by atoms with Crippen molar-refractivity contribution in [3.05, 3.63) is 51.5 Å². The lowest BCUT2D eigenvalue weighted by Crippen LogP contribution is -2.45. The van der Waals surface area contributed by atoms with Crippen molar-refractivity contribution in [3.8, 4) is 11.1 Å². The van der Waals surface area contributed by atoms with E-state index in [2.05, 4.69) is 22.3 Å². The monoisotopic (exact) mass is 358 g/mol. The summed E-state index contributed by atoms with van der Waals surface area (Å²) in [6.07, 6.45) is 3.65. The van der Waals surface area contributed by atoms with E-state index in [4.69, 9.17) is 23.2 Å². The van der Waals surface area contributed by atoms with Crippen molar-refractivity contribution in [1.29, 1.82) is 0 Å². The molecule has 0 radical (unpaired) electrons. The van der Waals surface area contributed by atoms with E-state index in [1.807, 2.05) is 18.2 Å². The van der Waals surface area contributed by atoms with E-state index in [1.165, 1.54) is 41.8 Å². The van der Waals surface area contributed by atoms with E-state index < -0.39 is 0 Å². The quantitative estimate of drug-likeness (QED) is 0.781. The third-order valence-corrected chi connectivity index (χ3v) is 6.40. The highest BCUT2D eigenvalue weighted by molar-refractivity contribution is 6.35. The van der Waals surface area contributed by atoms with E-state index >= 15 is 0 Å². The van der Waals surface area contributed by atoms with Crippen LogP contribution in [0.3, 0.4) is 0 Å². The summed E-state index contributed by atoms with van der Waals surface area (Å²) in [7, 11) is 0. The maximum Gasteiger partial charge on any atom is 0.0485 e. The lowest BCUT2D eigenvalue weighted by Gasteiger charge is -2.36. The van der Waals surface area contributed by atoms with Crippen molar-refractivity contribution in [2.75, 3.05) is 24.5 Å². The molecule has 3 aliphatic heterocycles. The Bertz CT molecular complexity index is 818. The number of aryl methyl sites for hydroxylation is 1. The van der Waals surface area contributed by atoms with Gasteiger partial charge in [-0.25, -0.2) is 0 Å². The molecule has 2 nitrogen and oxygen atoms in total. The number of anilines is 1. The molecule has 0 bridgehead atoms. The third-order valence-electron chi connectivity index (χ3n) is 5.84. The van der Waals surface area contributed by atoms with Gasteiger partial charge in [-0.05, 0) is 72.8 Å². The standard InChI is InChI=1S/C20H20Cl2N2/c21-14-3-4-18(22)15(10-14)13-8-12-2-1-7-24-19-5-6-23-11-17(19)16(9-13)20(12)24/h3-4,8-10,17,19,23H,1-2,5-7,11H2/t17-,19-/m0/s1. The molecule has 0 aliphatic carbocycles. The number of fused-ring (bicyclic) bond motifs is 3. The normalized spacial score (nSPS) is 24.7. The Labute approximate surface area is 152 Å². The number of benzene rings is 2. The van der Waals surface area contributed by atoms with E-state index in [9.17, 15) is 0 Å². The Morgan fingerprint density at radius 2 is 2.04 bits per heavy atom. The van der Waals surface area contributed by atoms with Gasteiger partial charge in [0.1, 0.15) is 0 Å². The summed E-state index contributed by atoms with van der Waals surface area (Å²) < 4.78 is 0. The first-order chi connectivity index (χ1) is 11.7. The highest BCUT2D eigenvalue weighted by atomic mass is 35.5. The summed E-state index contributed by atoms with van der Waals surface area (Å²) >= 11 is 12.7. The SMILES string of the molecule is Clc1ccc(Cl)c(-c2cc3c4c(c2)[C@@H]2CNCC[C@@H]2N4CCC3)c1. The molecule has 2 atom stereocenters. The zero-order valence-electron chi connectivity index (χ0n) is 13.5. The summed E-state index contributed by atoms with van der Waals surface area (Å²) in [5, 5.41) is 5.10. The molecule has 2 aromatic rings. The lowest BCUT2D eigenvalue weighted by molar-refractivity contribution is 0.400. The molecule has 4 heteroatoms. The van der Waals surface area contributed by atoms with Crippen LogP contribution < -0.4 is 10.2 Å². The number of nitrogens with zero attached hydrogens (tertiary/aromatic N) is 1. The third kappa shape index (κ3) is 2.20. The predicted octanol–water partition coefficient (Wildman–Crippen LogP) is 4.87. The van der Waals surface area contributed by atoms with Crippen LogP contribution in [0.4, 0.5) is 5.69 Å². The van der Waals surface area contributed by atoms with Crippen molar-refractivity contribution < 1.29 is 0 Å². The minimum Gasteiger partial charge on any atom is -0.367 e. The summed E-state index contributed by atoms with van der Waals surface area (Å²) in [6.45, 7) is 3.42. The van der Waals surface area contributed by atoms with Gasteiger partial charge in [0, 0.05) is 46.3 Å². The number of hydrogen-bond donors (Lipinski definition) is 1. The first-order valence-electron chi connectivity index (χ1n) is 8.82. The van der Waals surface area contributed by atoms with Gasteiger partial charge in [0.25, 0.3) is 0 Å². The molecule has 0 unspecified atom stereocenters. The first kappa shape index (κ1) is 15.1. The van der Waals surface area contributed by atoms with Crippen molar-refractivity contribution in [2.24, 2.45) is 0 Å². The van der Waals surface area contributed by atoms with Gasteiger partial charge in [-0.1, -0.05) is 23.2 Å². The van der Waals surface area contributed by atoms with Gasteiger partial charge in [0.05, 0.1) is 0 Å². The van der Waals surface area contributed by atoms with Crippen molar-refractivity contribution in [3.63, 3.8) is 0 Å². The fourth-order valence-corrected chi connectivity index (χ4v) is 5.23. The van der Waals surface area contributed by atoms with Crippen LogP contribution in [0.15, 0.2) is 30.3 Å². The number of halogens is 2. The van der Waals surface area contributed by atoms with Gasteiger partial charge in [-0.2, -0.15) is 0 Å². The maximum atomic E-state index is 6.48. The summed E-state index contributed by atoms with van der Waals surface area (Å²) in [5.74, 6) is 0.600. The molecule has 3 aliphatic rings. The van der Waals surface area contributed by atoms with Crippen LogP contribution in [0.5, 0.6) is 0 Å². The summed E-state index contributed by atoms with van der Waals surface area (Å²) in [4.78, 5) is 2.68. The molecule has 2 aromatic carbocycles. The van der Waals surface area contributed by atoms with Gasteiger partial charge in [-0.3, -0.25) is 0 Å². The second kappa shape index (κ2) is 5.66. The van der Waals surface area contributed by atoms with Crippen LogP contribution in [0.1, 0.15) is 29.9 Å². The Balaban J connectivity index is 1.70. The zero-order chi connectivity index (χ0) is 16.3. The molecular weight excluding hydrogens is 339 g/mol. The minimum absolute atomic E-state index is 0.600. The average molecular weight is 359 g/mol. The Morgan fingerprint density at radius 1 is 1.12 bits per heavy atom. The van der Waals surface area contributed by atoms with Crippen molar-refractivity contribution in [1.82, 2.24) is 5.32 Å². The number of hydrogen-bond acceptors (Lipinski definition) is 2. The molecular formula is C20H20Cl2N2. The van der Waals surface area contributed by atoms with Crippen molar-refractivity contribution in [2.45, 2.75) is 31.2 Å². The highest BCUT2D eigenvalue weighted by Gasteiger charge is 2.42. The van der Waals surface area contributed by atoms with Crippen LogP contribution in [-0.2, 0) is 6.42 Å². The second-order valence-electron chi connectivity index (χ2n) is 7.16. The molecule has 0 aromatic heterocycles. The number of piperidine rings is 1. The van der Waals surface area contributed by atoms with E-state index in [0.717, 1.165) is 35.1 Å². The molecule has 5 rings (SSSR count). The van der Waals surface area contributed by atoms with Gasteiger partial charge in [0.15, 0.2) is 0 Å². The fraction of sp³-hybridized carbons (Fsp3) is 0.400. The Kier molecular flexibility index (Phi) is 3.55. The molecule has 24 heavy (non-hydrogen) atoms. The van der Waals surface area contributed by atoms with Crippen LogP contribution in [0.25, 0.3) is 11.1 Å². The Morgan fingerprint density at radius 3 is 2.96 bits per heavy atom. The van der Waals surface area contributed by atoms with Crippen LogP contribution >= 0.6 is 23.2 Å². The summed E-state index contributed by atoms with van der Waals surface area (Å²) in [6, 6.07) is 11.1. The van der Waals surface area contributed by atoms with Gasteiger partial charge >= 0.3 is 0 Å². The lowest BCUT2D eigenvalue weighted by atomic mass is 9.87. The topological polar surface area (TPSA) is 15.3 Å². The van der Waals surface area contributed by atoms with Crippen LogP contribution in [-0.4, -0.2) is 25.7 Å². The average Bonchev–Trinajstić information content (AvgIpc) is 2.93. The number of rotatable bonds is 1. The van der Waals surface area contributed by atoms with E-state index in [0.29, 0.717) is 12.0 Å². The smallest absolute Gasteiger partial charge is 0.0485 e. The molecule has 3 heterocycles. The van der Waals surface area contributed by atoms with Gasteiger partial charge < -0.3 is 10.2 Å². The van der Waals surface area contributed by atoms with Crippen LogP contribution in [0, 0.1) is 0 Å². The van der Waals surface area contributed by atoms with Crippen LogP contribution in [0.2, 0.25) is 10.0 Å². The maximum absolute atomic E-state index is 6.48. The molecule has 124 valence electrons. The molecule has 0 spiro atoms. The van der Waals surface area contributed by atoms with E-state index in [1.54, 1.807) is 0 Å². The Hall–Kier alpha value is -1.22. The second-order valence-corrected chi connectivity index (χ2v) is 8.00. The molecule has 1 N–H and O–H groups in total. The summed E-state index contributed by atoms with van der Waals surface area (Å²) in [5.41, 5.74) is 6.77. The fourth-order valence-electron chi connectivity index (χ4n) is 4.84. The van der Waals surface area contributed by atoms with Crippen molar-refractivity contribution >= 4 is 28.9 Å². The molecule has 0 saturated carbocycles. The first-order valence-corrected chi connectivity index (χ1v) is 9.57. The predicted molar refractivity (Wildman–Crippen MR) is 102 cm³/mol. The van der Waals surface area contributed by atoms with Gasteiger partial charge in [-0.15, -0.1) is 0 Å². The molecule has 1 saturated heterocycles. The molecule has 0 amide bonds. The largest absolute Gasteiger partial charge is 0.367 e.